The number of hydrogen-bond acceptors (Lipinski definition) is 3. The minimum absolute atomic E-state index is 0.132. The standard InChI is InChI=1S/C32H45F2N3/c1-21(2)36-14-15-37-25(6)23(4)18-26-10-13-31(35-9)28(19-26)17-22(3)16-27-11-12-29(32(7,8)34)20-30(27)24(5)33/h10-13,17-22,24,36-37H,6,14-16H2,1-5,7-9H3/b23-18+,28-17-,35-31?. The maximum absolute atomic E-state index is 14.5. The second-order valence-electron chi connectivity index (χ2n) is 10.7. The molecule has 0 bridgehead atoms. The van der Waals surface area contributed by atoms with Crippen molar-refractivity contribution < 1.29 is 8.78 Å². The van der Waals surface area contributed by atoms with Crippen molar-refractivity contribution in [2.45, 2.75) is 72.8 Å². The van der Waals surface area contributed by atoms with E-state index in [1.165, 1.54) is 20.8 Å². The van der Waals surface area contributed by atoms with E-state index in [2.05, 4.69) is 74.2 Å². The number of nitrogens with zero attached hydrogens (tertiary/aromatic N) is 1. The SMILES string of the molecule is C=C(NCCNC(C)C)/C(C)=C/C1=CC(=C/C(C)Cc2ccc(C(C)(C)F)cc2C(C)F)/C(=NC)C=C1. The monoisotopic (exact) mass is 509 g/mol. The van der Waals surface area contributed by atoms with E-state index in [1.807, 2.05) is 12.1 Å². The summed E-state index contributed by atoms with van der Waals surface area (Å²) in [6.07, 6.45) is 10.00. The van der Waals surface area contributed by atoms with Crippen LogP contribution < -0.4 is 10.6 Å². The van der Waals surface area contributed by atoms with Crippen LogP contribution in [0.1, 0.15) is 71.3 Å². The fourth-order valence-electron chi connectivity index (χ4n) is 4.28. The number of nitrogens with one attached hydrogen (secondary N) is 2. The average Bonchev–Trinajstić information content (AvgIpc) is 2.81. The van der Waals surface area contributed by atoms with Crippen LogP contribution in [-0.2, 0) is 12.1 Å². The molecule has 2 N–H and O–H groups in total. The molecule has 0 heterocycles. The first kappa shape index (κ1) is 30.4. The molecule has 0 radical (unpaired) electrons. The van der Waals surface area contributed by atoms with Gasteiger partial charge < -0.3 is 10.6 Å². The molecule has 2 atom stereocenters. The molecule has 202 valence electrons. The highest BCUT2D eigenvalue weighted by molar-refractivity contribution is 6.12. The van der Waals surface area contributed by atoms with E-state index in [0.29, 0.717) is 23.6 Å². The lowest BCUT2D eigenvalue weighted by molar-refractivity contribution is 0.221. The van der Waals surface area contributed by atoms with E-state index in [9.17, 15) is 8.78 Å². The summed E-state index contributed by atoms with van der Waals surface area (Å²) in [4.78, 5) is 4.44. The van der Waals surface area contributed by atoms with Crippen LogP contribution in [-0.4, -0.2) is 31.9 Å². The first-order valence-electron chi connectivity index (χ1n) is 13.2. The van der Waals surface area contributed by atoms with Crippen molar-refractivity contribution >= 4 is 5.71 Å². The molecule has 3 nitrogen and oxygen atoms in total. The van der Waals surface area contributed by atoms with Gasteiger partial charge in [-0.25, -0.2) is 8.78 Å². The van der Waals surface area contributed by atoms with Crippen LogP contribution in [0.25, 0.3) is 0 Å². The molecule has 0 aliphatic heterocycles. The van der Waals surface area contributed by atoms with E-state index in [1.54, 1.807) is 19.2 Å². The smallest absolute Gasteiger partial charge is 0.130 e. The summed E-state index contributed by atoms with van der Waals surface area (Å²) in [7, 11) is 1.79. The van der Waals surface area contributed by atoms with Crippen LogP contribution in [0.5, 0.6) is 0 Å². The predicted molar refractivity (Wildman–Crippen MR) is 156 cm³/mol. The van der Waals surface area contributed by atoms with Gasteiger partial charge in [-0.15, -0.1) is 0 Å². The van der Waals surface area contributed by atoms with E-state index in [0.717, 1.165) is 46.8 Å². The number of aliphatic imine (C=N–C) groups is 1. The Bertz CT molecular complexity index is 1100. The third-order valence-corrected chi connectivity index (χ3v) is 6.43. The third kappa shape index (κ3) is 9.55. The molecular formula is C32H45F2N3. The molecule has 5 heteroatoms. The maximum atomic E-state index is 14.5. The second-order valence-corrected chi connectivity index (χ2v) is 10.7. The molecule has 0 aromatic heterocycles. The molecular weight excluding hydrogens is 464 g/mol. The van der Waals surface area contributed by atoms with Gasteiger partial charge in [-0.2, -0.15) is 0 Å². The summed E-state index contributed by atoms with van der Waals surface area (Å²) in [6, 6.07) is 5.78. The summed E-state index contributed by atoms with van der Waals surface area (Å²) in [5.41, 5.74) is 5.45. The van der Waals surface area contributed by atoms with Gasteiger partial charge in [0, 0.05) is 31.9 Å². The largest absolute Gasteiger partial charge is 0.384 e. The topological polar surface area (TPSA) is 36.4 Å². The van der Waals surface area contributed by atoms with E-state index < -0.39 is 11.8 Å². The van der Waals surface area contributed by atoms with Gasteiger partial charge in [0.25, 0.3) is 0 Å². The van der Waals surface area contributed by atoms with Gasteiger partial charge in [0.2, 0.25) is 0 Å². The van der Waals surface area contributed by atoms with E-state index in [-0.39, 0.29) is 5.92 Å². The van der Waals surface area contributed by atoms with Gasteiger partial charge in [0.15, 0.2) is 0 Å². The fourth-order valence-corrected chi connectivity index (χ4v) is 4.28. The Hall–Kier alpha value is -2.79. The molecule has 0 amide bonds. The van der Waals surface area contributed by atoms with Crippen LogP contribution in [0.2, 0.25) is 0 Å². The first-order chi connectivity index (χ1) is 17.3. The number of halogens is 2. The highest BCUT2D eigenvalue weighted by Crippen LogP contribution is 2.31. The quantitative estimate of drug-likeness (QED) is 0.224. The van der Waals surface area contributed by atoms with Gasteiger partial charge in [-0.3, -0.25) is 4.99 Å². The van der Waals surface area contributed by atoms with E-state index >= 15 is 0 Å². The normalized spacial score (nSPS) is 18.4. The average molecular weight is 510 g/mol. The summed E-state index contributed by atoms with van der Waals surface area (Å²) in [5, 5.41) is 6.77. The highest BCUT2D eigenvalue weighted by atomic mass is 19.1. The first-order valence-corrected chi connectivity index (χ1v) is 13.2. The number of allylic oxidation sites excluding steroid dienone is 8. The second kappa shape index (κ2) is 13.7. The summed E-state index contributed by atoms with van der Waals surface area (Å²) in [5.74, 6) is 0.132. The molecule has 0 spiro atoms. The van der Waals surface area contributed by atoms with Crippen molar-refractivity contribution in [2.75, 3.05) is 20.1 Å². The lowest BCUT2D eigenvalue weighted by Gasteiger charge is -2.20. The Morgan fingerprint density at radius 1 is 1.14 bits per heavy atom. The molecule has 0 fully saturated rings. The molecule has 1 aromatic carbocycles. The van der Waals surface area contributed by atoms with Gasteiger partial charge in [-0.05, 0) is 97.7 Å². The molecule has 2 unspecified atom stereocenters. The lowest BCUT2D eigenvalue weighted by atomic mass is 9.88. The summed E-state index contributed by atoms with van der Waals surface area (Å²) < 4.78 is 28.9. The van der Waals surface area contributed by atoms with Gasteiger partial charge in [0.05, 0.1) is 5.71 Å². The number of rotatable bonds is 12. The predicted octanol–water partition coefficient (Wildman–Crippen LogP) is 7.64. The minimum Gasteiger partial charge on any atom is -0.384 e. The Morgan fingerprint density at radius 2 is 1.84 bits per heavy atom. The molecule has 0 saturated carbocycles. The molecule has 1 aliphatic carbocycles. The van der Waals surface area contributed by atoms with Crippen LogP contribution in [0.3, 0.4) is 0 Å². The van der Waals surface area contributed by atoms with Gasteiger partial charge in [-0.1, -0.05) is 51.6 Å². The summed E-state index contributed by atoms with van der Waals surface area (Å²) >= 11 is 0. The molecule has 2 rings (SSSR count). The van der Waals surface area contributed by atoms with E-state index in [4.69, 9.17) is 0 Å². The highest BCUT2D eigenvalue weighted by Gasteiger charge is 2.22. The zero-order chi connectivity index (χ0) is 27.8. The molecule has 37 heavy (non-hydrogen) atoms. The summed E-state index contributed by atoms with van der Waals surface area (Å²) in [6.45, 7) is 18.8. The Morgan fingerprint density at radius 3 is 2.43 bits per heavy atom. The van der Waals surface area contributed by atoms with Crippen molar-refractivity contribution in [3.05, 3.63) is 94.3 Å². The lowest BCUT2D eigenvalue weighted by Crippen LogP contribution is -2.31. The molecule has 0 saturated heterocycles. The number of hydrogen-bond donors (Lipinski definition) is 2. The number of alkyl halides is 2. The van der Waals surface area contributed by atoms with Gasteiger partial charge >= 0.3 is 0 Å². The van der Waals surface area contributed by atoms with Crippen LogP contribution in [0.4, 0.5) is 8.78 Å². The Balaban J connectivity index is 2.21. The van der Waals surface area contributed by atoms with Crippen LogP contribution in [0, 0.1) is 5.92 Å². The van der Waals surface area contributed by atoms with Crippen molar-refractivity contribution in [2.24, 2.45) is 10.9 Å². The van der Waals surface area contributed by atoms with Crippen molar-refractivity contribution in [3.8, 4) is 0 Å². The maximum Gasteiger partial charge on any atom is 0.130 e. The zero-order valence-corrected chi connectivity index (χ0v) is 23.9. The van der Waals surface area contributed by atoms with Crippen molar-refractivity contribution in [1.29, 1.82) is 0 Å². The van der Waals surface area contributed by atoms with Crippen molar-refractivity contribution in [3.63, 3.8) is 0 Å². The Labute approximate surface area is 223 Å². The van der Waals surface area contributed by atoms with Gasteiger partial charge in [0.1, 0.15) is 11.8 Å². The third-order valence-electron chi connectivity index (χ3n) is 6.43. The molecule has 1 aliphatic rings. The fraction of sp³-hybridized carbons (Fsp3) is 0.469. The Kier molecular flexibility index (Phi) is 11.2. The minimum atomic E-state index is -1.50. The zero-order valence-electron chi connectivity index (χ0n) is 23.9. The molecule has 1 aromatic rings. The van der Waals surface area contributed by atoms with Crippen molar-refractivity contribution in [1.82, 2.24) is 10.6 Å². The van der Waals surface area contributed by atoms with Crippen LogP contribution >= 0.6 is 0 Å². The number of benzene rings is 1. The van der Waals surface area contributed by atoms with Crippen LogP contribution in [0.15, 0.2) is 82.6 Å².